The van der Waals surface area contributed by atoms with Crippen LogP contribution in [-0.4, -0.2) is 26.0 Å². The third kappa shape index (κ3) is 4.27. The lowest BCUT2D eigenvalue weighted by molar-refractivity contribution is -0.120. The largest absolute Gasteiger partial charge is 0.497 e. The van der Waals surface area contributed by atoms with Gasteiger partial charge in [0.15, 0.2) is 0 Å². The Morgan fingerprint density at radius 3 is 2.09 bits per heavy atom. The average Bonchev–Trinajstić information content (AvgIpc) is 3.03. The number of rotatable bonds is 6. The molecule has 0 aromatic heterocycles. The molecule has 0 radical (unpaired) electrons. The second-order valence-corrected chi connectivity index (χ2v) is 7.80. The van der Waals surface area contributed by atoms with E-state index < -0.39 is 17.6 Å². The normalized spacial score (nSPS) is 13.5. The summed E-state index contributed by atoms with van der Waals surface area (Å²) in [5.74, 6) is -0.527. The molecule has 6 nitrogen and oxygen atoms in total. The van der Waals surface area contributed by atoms with Gasteiger partial charge in [0, 0.05) is 28.9 Å². The van der Waals surface area contributed by atoms with Crippen LogP contribution in [0.2, 0.25) is 5.02 Å². The molecule has 33 heavy (non-hydrogen) atoms. The minimum absolute atomic E-state index is 0.0521. The van der Waals surface area contributed by atoms with Gasteiger partial charge in [-0.1, -0.05) is 23.7 Å². The number of nitrogens with zero attached hydrogens (tertiary/aromatic N) is 1. The summed E-state index contributed by atoms with van der Waals surface area (Å²) in [4.78, 5) is 28.1. The number of aryl methyl sites for hydroxylation is 1. The van der Waals surface area contributed by atoms with E-state index in [2.05, 4.69) is 5.32 Å². The van der Waals surface area contributed by atoms with Crippen LogP contribution in [0.1, 0.15) is 11.1 Å². The SMILES string of the molecule is COc1cc(NC2=C(c3ccc(F)cc3)C(=O)N(c3ccc(Cl)cc3C)C2=O)cc(OC)c1. The van der Waals surface area contributed by atoms with Gasteiger partial charge in [-0.3, -0.25) is 9.59 Å². The minimum atomic E-state index is -0.550. The number of imide groups is 1. The van der Waals surface area contributed by atoms with E-state index in [0.29, 0.717) is 39.0 Å². The van der Waals surface area contributed by atoms with Gasteiger partial charge in [-0.05, 0) is 48.4 Å². The van der Waals surface area contributed by atoms with Crippen molar-refractivity contribution >= 4 is 40.4 Å². The maximum atomic E-state index is 13.6. The van der Waals surface area contributed by atoms with Crippen LogP contribution in [0.5, 0.6) is 11.5 Å². The molecule has 0 aliphatic carbocycles. The first-order valence-corrected chi connectivity index (χ1v) is 10.4. The third-order valence-electron chi connectivity index (χ3n) is 5.24. The van der Waals surface area contributed by atoms with Gasteiger partial charge in [0.2, 0.25) is 0 Å². The number of carbonyl (C=O) groups is 2. The molecular weight excluding hydrogens is 447 g/mol. The summed E-state index contributed by atoms with van der Waals surface area (Å²) < 4.78 is 24.2. The average molecular weight is 467 g/mol. The lowest BCUT2D eigenvalue weighted by Crippen LogP contribution is -2.33. The number of carbonyl (C=O) groups excluding carboxylic acids is 2. The van der Waals surface area contributed by atoms with E-state index in [1.54, 1.807) is 43.3 Å². The number of methoxy groups -OCH3 is 2. The molecule has 0 unspecified atom stereocenters. The lowest BCUT2D eigenvalue weighted by Gasteiger charge is -2.18. The maximum Gasteiger partial charge on any atom is 0.282 e. The van der Waals surface area contributed by atoms with Crippen LogP contribution in [0.4, 0.5) is 15.8 Å². The van der Waals surface area contributed by atoms with E-state index in [-0.39, 0.29) is 11.3 Å². The van der Waals surface area contributed by atoms with Crippen molar-refractivity contribution in [2.75, 3.05) is 24.4 Å². The van der Waals surface area contributed by atoms with Crippen molar-refractivity contribution in [2.45, 2.75) is 6.92 Å². The molecule has 8 heteroatoms. The standard InChI is InChI=1S/C25H20ClFN2O4/c1-14-10-16(26)6-9-21(14)29-24(30)22(15-4-7-17(27)8-5-15)23(25(29)31)28-18-11-19(32-2)13-20(12-18)33-3/h4-13,28H,1-3H3. The molecule has 1 N–H and O–H groups in total. The van der Waals surface area contributed by atoms with E-state index in [4.69, 9.17) is 21.1 Å². The summed E-state index contributed by atoms with van der Waals surface area (Å²) >= 11 is 6.06. The Kier molecular flexibility index (Phi) is 6.07. The van der Waals surface area contributed by atoms with Gasteiger partial charge >= 0.3 is 0 Å². The number of ether oxygens (including phenoxy) is 2. The topological polar surface area (TPSA) is 67.9 Å². The summed E-state index contributed by atoms with van der Waals surface area (Å²) in [6, 6.07) is 15.3. The van der Waals surface area contributed by atoms with E-state index >= 15 is 0 Å². The summed E-state index contributed by atoms with van der Waals surface area (Å²) in [5, 5.41) is 3.54. The van der Waals surface area contributed by atoms with Crippen LogP contribution >= 0.6 is 11.6 Å². The fourth-order valence-electron chi connectivity index (χ4n) is 3.64. The van der Waals surface area contributed by atoms with E-state index in [1.807, 2.05) is 0 Å². The Morgan fingerprint density at radius 2 is 1.52 bits per heavy atom. The molecule has 0 bridgehead atoms. The van der Waals surface area contributed by atoms with Gasteiger partial charge in [-0.2, -0.15) is 0 Å². The fourth-order valence-corrected chi connectivity index (χ4v) is 3.87. The molecule has 0 spiro atoms. The molecule has 0 atom stereocenters. The van der Waals surface area contributed by atoms with Gasteiger partial charge in [-0.15, -0.1) is 0 Å². The highest BCUT2D eigenvalue weighted by Gasteiger charge is 2.41. The molecule has 0 saturated carbocycles. The third-order valence-corrected chi connectivity index (χ3v) is 5.47. The van der Waals surface area contributed by atoms with Crippen molar-refractivity contribution < 1.29 is 23.5 Å². The molecule has 3 aromatic carbocycles. The Bertz CT molecular complexity index is 1270. The zero-order chi connectivity index (χ0) is 23.7. The molecule has 1 aliphatic rings. The van der Waals surface area contributed by atoms with Gasteiger partial charge < -0.3 is 14.8 Å². The molecule has 1 aliphatic heterocycles. The number of anilines is 2. The molecule has 168 valence electrons. The van der Waals surface area contributed by atoms with Gasteiger partial charge in [0.1, 0.15) is 23.0 Å². The van der Waals surface area contributed by atoms with Crippen LogP contribution < -0.4 is 19.7 Å². The predicted octanol–water partition coefficient (Wildman–Crippen LogP) is 5.20. The van der Waals surface area contributed by atoms with Gasteiger partial charge in [-0.25, -0.2) is 9.29 Å². The lowest BCUT2D eigenvalue weighted by atomic mass is 10.0. The second kappa shape index (κ2) is 8.96. The van der Waals surface area contributed by atoms with Crippen LogP contribution in [0.3, 0.4) is 0 Å². The highest BCUT2D eigenvalue weighted by Crippen LogP contribution is 2.37. The molecule has 0 fully saturated rings. The van der Waals surface area contributed by atoms with Gasteiger partial charge in [0.05, 0.1) is 25.5 Å². The Morgan fingerprint density at radius 1 is 0.879 bits per heavy atom. The summed E-state index contributed by atoms with van der Waals surface area (Å²) in [5.41, 5.74) is 2.13. The van der Waals surface area contributed by atoms with Crippen LogP contribution in [0.25, 0.3) is 5.57 Å². The van der Waals surface area contributed by atoms with Gasteiger partial charge in [0.25, 0.3) is 11.8 Å². The van der Waals surface area contributed by atoms with Crippen LogP contribution in [-0.2, 0) is 9.59 Å². The monoisotopic (exact) mass is 466 g/mol. The number of amides is 2. The highest BCUT2D eigenvalue weighted by molar-refractivity contribution is 6.46. The molecule has 0 saturated heterocycles. The zero-order valence-corrected chi connectivity index (χ0v) is 18.9. The minimum Gasteiger partial charge on any atom is -0.497 e. The molecule has 2 amide bonds. The fraction of sp³-hybridized carbons (Fsp3) is 0.120. The second-order valence-electron chi connectivity index (χ2n) is 7.36. The number of hydrogen-bond acceptors (Lipinski definition) is 5. The molecule has 3 aromatic rings. The summed E-state index contributed by atoms with van der Waals surface area (Å²) in [7, 11) is 3.02. The first kappa shape index (κ1) is 22.4. The van der Waals surface area contributed by atoms with Crippen molar-refractivity contribution in [1.82, 2.24) is 0 Å². The summed E-state index contributed by atoms with van der Waals surface area (Å²) in [6.45, 7) is 1.76. The van der Waals surface area contributed by atoms with Crippen LogP contribution in [0.15, 0.2) is 66.4 Å². The molecule has 1 heterocycles. The van der Waals surface area contributed by atoms with Crippen molar-refractivity contribution in [3.8, 4) is 11.5 Å². The van der Waals surface area contributed by atoms with E-state index in [9.17, 15) is 14.0 Å². The first-order chi connectivity index (χ1) is 15.8. The quantitative estimate of drug-likeness (QED) is 0.506. The summed E-state index contributed by atoms with van der Waals surface area (Å²) in [6.07, 6.45) is 0. The Hall–Kier alpha value is -3.84. The van der Waals surface area contributed by atoms with E-state index in [1.165, 1.54) is 38.5 Å². The smallest absolute Gasteiger partial charge is 0.282 e. The number of hydrogen-bond donors (Lipinski definition) is 1. The Labute approximate surface area is 195 Å². The maximum absolute atomic E-state index is 13.6. The van der Waals surface area contributed by atoms with Crippen molar-refractivity contribution in [3.05, 3.63) is 88.3 Å². The van der Waals surface area contributed by atoms with E-state index in [0.717, 1.165) is 4.90 Å². The van der Waals surface area contributed by atoms with Crippen molar-refractivity contribution in [3.63, 3.8) is 0 Å². The van der Waals surface area contributed by atoms with Crippen molar-refractivity contribution in [2.24, 2.45) is 0 Å². The number of benzene rings is 3. The zero-order valence-electron chi connectivity index (χ0n) is 18.1. The molecular formula is C25H20ClFN2O4. The van der Waals surface area contributed by atoms with Crippen LogP contribution in [0, 0.1) is 12.7 Å². The van der Waals surface area contributed by atoms with Crippen molar-refractivity contribution in [1.29, 1.82) is 0 Å². The predicted molar refractivity (Wildman–Crippen MR) is 125 cm³/mol. The highest BCUT2D eigenvalue weighted by atomic mass is 35.5. The number of nitrogens with one attached hydrogen (secondary N) is 1. The Balaban J connectivity index is 1.85. The first-order valence-electron chi connectivity index (χ1n) is 9.97. The molecule has 4 rings (SSSR count). The number of halogens is 2.